The second kappa shape index (κ2) is 6.51. The average Bonchev–Trinajstić information content (AvgIpc) is 3.52. The molecule has 1 atom stereocenters. The Labute approximate surface area is 171 Å². The van der Waals surface area contributed by atoms with Gasteiger partial charge < -0.3 is 14.3 Å². The molecule has 9 nitrogen and oxygen atoms in total. The first-order valence-electron chi connectivity index (χ1n) is 9.76. The Morgan fingerprint density at radius 1 is 1.17 bits per heavy atom. The molecule has 9 heteroatoms. The molecule has 0 amide bonds. The maximum Gasteiger partial charge on any atom is 0.319 e. The summed E-state index contributed by atoms with van der Waals surface area (Å²) in [5.41, 5.74) is 5.82. The van der Waals surface area contributed by atoms with Crippen LogP contribution in [0.15, 0.2) is 59.5 Å². The normalized spacial score (nSPS) is 16.2. The topological polar surface area (TPSA) is 101 Å². The summed E-state index contributed by atoms with van der Waals surface area (Å²) in [6.07, 6.45) is 5.97. The fourth-order valence-corrected chi connectivity index (χ4v) is 4.03. The lowest BCUT2D eigenvalue weighted by atomic mass is 10.0. The molecule has 1 aliphatic heterocycles. The van der Waals surface area contributed by atoms with Gasteiger partial charge in [-0.2, -0.15) is 5.10 Å². The highest BCUT2D eigenvalue weighted by atomic mass is 16.4. The molecule has 0 radical (unpaired) electrons. The minimum absolute atomic E-state index is 0.221. The van der Waals surface area contributed by atoms with E-state index in [-0.39, 0.29) is 6.04 Å². The van der Waals surface area contributed by atoms with Gasteiger partial charge in [0.1, 0.15) is 6.04 Å². The lowest BCUT2D eigenvalue weighted by molar-refractivity contribution is 0.503. The van der Waals surface area contributed by atoms with Gasteiger partial charge in [0, 0.05) is 36.7 Å². The summed E-state index contributed by atoms with van der Waals surface area (Å²) in [7, 11) is 0. The van der Waals surface area contributed by atoms with Crippen LogP contribution in [-0.4, -0.2) is 41.3 Å². The number of hydrogen-bond acceptors (Lipinski definition) is 7. The van der Waals surface area contributed by atoms with E-state index in [0.29, 0.717) is 18.5 Å². The van der Waals surface area contributed by atoms with E-state index in [2.05, 4.69) is 42.2 Å². The van der Waals surface area contributed by atoms with Crippen molar-refractivity contribution in [3.8, 4) is 11.5 Å². The molecule has 0 aliphatic carbocycles. The molecular formula is C21H18N8O. The van der Waals surface area contributed by atoms with E-state index in [1.165, 1.54) is 0 Å². The molecule has 5 aromatic rings. The van der Waals surface area contributed by atoms with Crippen LogP contribution < -0.4 is 4.90 Å². The van der Waals surface area contributed by atoms with E-state index in [4.69, 9.17) is 9.52 Å². The first-order valence-corrected chi connectivity index (χ1v) is 9.76. The molecular weight excluding hydrogens is 380 g/mol. The molecule has 1 N–H and O–H groups in total. The van der Waals surface area contributed by atoms with E-state index in [1.54, 1.807) is 18.7 Å². The lowest BCUT2D eigenvalue weighted by Crippen LogP contribution is -2.37. The van der Waals surface area contributed by atoms with Crippen LogP contribution in [0.25, 0.3) is 17.0 Å². The predicted molar refractivity (Wildman–Crippen MR) is 109 cm³/mol. The monoisotopic (exact) mass is 398 g/mol. The molecule has 6 rings (SSSR count). The summed E-state index contributed by atoms with van der Waals surface area (Å²) in [6.45, 7) is 2.75. The highest BCUT2D eigenvalue weighted by Crippen LogP contribution is 2.37. The zero-order valence-electron chi connectivity index (χ0n) is 16.2. The minimum atomic E-state index is -0.221. The van der Waals surface area contributed by atoms with Gasteiger partial charge in [-0.1, -0.05) is 11.2 Å². The third kappa shape index (κ3) is 2.59. The van der Waals surface area contributed by atoms with Crippen molar-refractivity contribution >= 4 is 11.5 Å². The van der Waals surface area contributed by atoms with Gasteiger partial charge in [0.05, 0.1) is 28.8 Å². The summed E-state index contributed by atoms with van der Waals surface area (Å²) < 4.78 is 7.99. The first-order chi connectivity index (χ1) is 14.8. The molecule has 0 unspecified atom stereocenters. The van der Waals surface area contributed by atoms with Crippen molar-refractivity contribution in [2.45, 2.75) is 19.4 Å². The number of aryl methyl sites for hydroxylation is 1. The fraction of sp³-hybridized carbons (Fsp3) is 0.190. The van der Waals surface area contributed by atoms with E-state index < -0.39 is 0 Å². The van der Waals surface area contributed by atoms with Gasteiger partial charge >= 0.3 is 6.01 Å². The molecule has 30 heavy (non-hydrogen) atoms. The minimum Gasteiger partial charge on any atom is -0.403 e. The number of anilines is 1. The Morgan fingerprint density at radius 3 is 3.00 bits per heavy atom. The van der Waals surface area contributed by atoms with Gasteiger partial charge in [0.2, 0.25) is 0 Å². The second-order valence-corrected chi connectivity index (χ2v) is 7.32. The average molecular weight is 398 g/mol. The highest BCUT2D eigenvalue weighted by molar-refractivity contribution is 5.55. The Balaban J connectivity index is 1.46. The van der Waals surface area contributed by atoms with Crippen molar-refractivity contribution in [1.82, 2.24) is 34.8 Å². The zero-order chi connectivity index (χ0) is 20.1. The first kappa shape index (κ1) is 16.9. The molecule has 0 fully saturated rings. The van der Waals surface area contributed by atoms with Crippen LogP contribution >= 0.6 is 0 Å². The van der Waals surface area contributed by atoms with E-state index in [1.807, 2.05) is 35.7 Å². The van der Waals surface area contributed by atoms with Gasteiger partial charge in [-0.3, -0.25) is 4.98 Å². The molecule has 0 spiro atoms. The van der Waals surface area contributed by atoms with Crippen molar-refractivity contribution in [3.05, 3.63) is 77.9 Å². The number of nitrogens with zero attached hydrogens (tertiary/aromatic N) is 7. The van der Waals surface area contributed by atoms with Crippen LogP contribution in [0.4, 0.5) is 6.01 Å². The Hall–Kier alpha value is -4.01. The molecule has 5 aromatic heterocycles. The molecule has 0 aromatic carbocycles. The molecule has 0 bridgehead atoms. The molecule has 1 aliphatic rings. The third-order valence-electron chi connectivity index (χ3n) is 5.47. The number of aromatic amines is 1. The Kier molecular flexibility index (Phi) is 3.67. The van der Waals surface area contributed by atoms with Gasteiger partial charge in [-0.25, -0.2) is 9.50 Å². The summed E-state index contributed by atoms with van der Waals surface area (Å²) in [6, 6.07) is 12.2. The van der Waals surface area contributed by atoms with E-state index in [9.17, 15) is 0 Å². The lowest BCUT2D eigenvalue weighted by Gasteiger charge is -2.32. The largest absolute Gasteiger partial charge is 0.403 e. The summed E-state index contributed by atoms with van der Waals surface area (Å²) >= 11 is 0. The van der Waals surface area contributed by atoms with Crippen molar-refractivity contribution in [2.24, 2.45) is 0 Å². The van der Waals surface area contributed by atoms with Crippen LogP contribution in [0, 0.1) is 6.92 Å². The predicted octanol–water partition coefficient (Wildman–Crippen LogP) is 2.96. The number of pyridine rings is 2. The molecule has 0 saturated heterocycles. The summed E-state index contributed by atoms with van der Waals surface area (Å²) in [5.74, 6) is 0.440. The summed E-state index contributed by atoms with van der Waals surface area (Å²) in [4.78, 5) is 14.1. The number of hydrogen-bond donors (Lipinski definition) is 1. The number of rotatable bonds is 3. The third-order valence-corrected chi connectivity index (χ3v) is 5.47. The second-order valence-electron chi connectivity index (χ2n) is 7.32. The van der Waals surface area contributed by atoms with Crippen molar-refractivity contribution in [2.75, 3.05) is 11.4 Å². The van der Waals surface area contributed by atoms with Gasteiger partial charge in [0.25, 0.3) is 5.89 Å². The quantitative estimate of drug-likeness (QED) is 0.498. The maximum absolute atomic E-state index is 6.04. The maximum atomic E-state index is 6.04. The van der Waals surface area contributed by atoms with Crippen LogP contribution in [0.5, 0.6) is 0 Å². The Morgan fingerprint density at radius 2 is 2.13 bits per heavy atom. The summed E-state index contributed by atoms with van der Waals surface area (Å²) in [5, 5.41) is 13.4. The van der Waals surface area contributed by atoms with E-state index >= 15 is 0 Å². The SMILES string of the molecule is Cc1cccc2cc([C@@H]3c4nc[nH]c4CCN3c3nnc(-c4cccnc4)o3)nn12. The molecule has 6 heterocycles. The molecule has 0 saturated carbocycles. The van der Waals surface area contributed by atoms with Crippen LogP contribution in [0.1, 0.15) is 28.8 Å². The smallest absolute Gasteiger partial charge is 0.319 e. The number of nitrogens with one attached hydrogen (secondary N) is 1. The van der Waals surface area contributed by atoms with Crippen molar-refractivity contribution in [1.29, 1.82) is 0 Å². The number of aromatic nitrogens is 7. The molecule has 148 valence electrons. The Bertz CT molecular complexity index is 1340. The van der Waals surface area contributed by atoms with Gasteiger partial charge in [-0.15, -0.1) is 5.10 Å². The number of imidazole rings is 1. The fourth-order valence-electron chi connectivity index (χ4n) is 4.03. The number of H-pyrrole nitrogens is 1. The standard InChI is InChI=1S/C21H18N8O/c1-13-4-2-6-15-10-17(27-29(13)15)19-18-16(23-12-24-18)7-9-28(19)21-26-25-20(30-21)14-5-3-8-22-11-14/h2-6,8,10-12,19H,7,9H2,1H3,(H,23,24)/t19-/m1/s1. The van der Waals surface area contributed by atoms with Crippen molar-refractivity contribution in [3.63, 3.8) is 0 Å². The van der Waals surface area contributed by atoms with E-state index in [0.717, 1.165) is 40.3 Å². The number of fused-ring (bicyclic) bond motifs is 2. The van der Waals surface area contributed by atoms with Crippen LogP contribution in [0.3, 0.4) is 0 Å². The zero-order valence-corrected chi connectivity index (χ0v) is 16.2. The van der Waals surface area contributed by atoms with Gasteiger partial charge in [0.15, 0.2) is 0 Å². The van der Waals surface area contributed by atoms with Crippen LogP contribution in [-0.2, 0) is 6.42 Å². The van der Waals surface area contributed by atoms with Gasteiger partial charge in [-0.05, 0) is 37.3 Å². The van der Waals surface area contributed by atoms with Crippen LogP contribution in [0.2, 0.25) is 0 Å². The highest BCUT2D eigenvalue weighted by Gasteiger charge is 2.36. The van der Waals surface area contributed by atoms with Crippen molar-refractivity contribution < 1.29 is 4.42 Å².